The molecule has 1 aromatic rings. The normalized spacial score (nSPS) is 16.2. The monoisotopic (exact) mass is 398 g/mol. The van der Waals surface area contributed by atoms with Gasteiger partial charge in [-0.3, -0.25) is 4.79 Å². The molecule has 1 aliphatic heterocycles. The first-order chi connectivity index (χ1) is 12.4. The molecule has 1 N–H and O–H groups in total. The van der Waals surface area contributed by atoms with Crippen molar-refractivity contribution in [1.29, 1.82) is 0 Å². The van der Waals surface area contributed by atoms with Gasteiger partial charge in [-0.25, -0.2) is 9.18 Å². The number of carbonyl (C=O) groups excluding carboxylic acids is 2. The minimum atomic E-state index is -0.732. The van der Waals surface area contributed by atoms with Gasteiger partial charge in [0.15, 0.2) is 0 Å². The smallest absolute Gasteiger partial charge is 0.410 e. The number of nitrogens with zero attached hydrogens (tertiary/aromatic N) is 1. The third-order valence-corrected chi connectivity index (χ3v) is 4.87. The predicted octanol–water partition coefficient (Wildman–Crippen LogP) is 4.48. The number of hydrogen-bond donors (Lipinski definition) is 1. The van der Waals surface area contributed by atoms with E-state index in [0.29, 0.717) is 31.5 Å². The molecule has 1 fully saturated rings. The Balaban J connectivity index is 1.94. The Morgan fingerprint density at radius 1 is 1.19 bits per heavy atom. The Bertz CT molecular complexity index is 708. The van der Waals surface area contributed by atoms with Crippen molar-refractivity contribution in [1.82, 2.24) is 10.2 Å². The first kappa shape index (κ1) is 21.5. The van der Waals surface area contributed by atoms with E-state index in [2.05, 4.69) is 5.32 Å². The molecule has 0 saturated carbocycles. The number of halogens is 2. The quantitative estimate of drug-likeness (QED) is 0.816. The topological polar surface area (TPSA) is 58.6 Å². The second-order valence-corrected chi connectivity index (χ2v) is 8.89. The van der Waals surface area contributed by atoms with E-state index in [9.17, 15) is 14.0 Å². The average Bonchev–Trinajstić information content (AvgIpc) is 2.52. The Kier molecular flexibility index (Phi) is 6.40. The van der Waals surface area contributed by atoms with Crippen LogP contribution >= 0.6 is 11.6 Å². The molecule has 0 bridgehead atoms. The third kappa shape index (κ3) is 5.83. The van der Waals surface area contributed by atoms with Crippen LogP contribution in [0.3, 0.4) is 0 Å². The van der Waals surface area contributed by atoms with Crippen LogP contribution in [0.25, 0.3) is 0 Å². The summed E-state index contributed by atoms with van der Waals surface area (Å²) in [7, 11) is 0. The van der Waals surface area contributed by atoms with Crippen LogP contribution in [0.2, 0.25) is 5.02 Å². The Morgan fingerprint density at radius 3 is 2.30 bits per heavy atom. The minimum Gasteiger partial charge on any atom is -0.444 e. The van der Waals surface area contributed by atoms with Crippen LogP contribution in [0.15, 0.2) is 18.2 Å². The summed E-state index contributed by atoms with van der Waals surface area (Å²) in [5.41, 5.74) is -0.612. The molecule has 150 valence electrons. The third-order valence-electron chi connectivity index (χ3n) is 4.56. The van der Waals surface area contributed by atoms with Crippen molar-refractivity contribution >= 4 is 23.6 Å². The maximum Gasteiger partial charge on any atom is 0.410 e. The molecule has 2 amide bonds. The molecule has 2 rings (SSSR count). The number of carbonyl (C=O) groups is 2. The molecule has 0 unspecified atom stereocenters. The van der Waals surface area contributed by atoms with Gasteiger partial charge in [0.05, 0.1) is 5.54 Å². The molecular formula is C20H28ClFN2O3. The largest absolute Gasteiger partial charge is 0.444 e. The van der Waals surface area contributed by atoms with Crippen molar-refractivity contribution in [3.63, 3.8) is 0 Å². The highest BCUT2D eigenvalue weighted by Crippen LogP contribution is 2.29. The van der Waals surface area contributed by atoms with E-state index in [1.165, 1.54) is 12.1 Å². The number of piperidine rings is 1. The average molecular weight is 399 g/mol. The highest BCUT2D eigenvalue weighted by Gasteiger charge is 2.33. The van der Waals surface area contributed by atoms with Crippen molar-refractivity contribution < 1.29 is 18.7 Å². The van der Waals surface area contributed by atoms with Crippen LogP contribution in [0, 0.1) is 11.7 Å². The van der Waals surface area contributed by atoms with E-state index in [0.717, 1.165) is 0 Å². The predicted molar refractivity (Wildman–Crippen MR) is 103 cm³/mol. The van der Waals surface area contributed by atoms with E-state index in [-0.39, 0.29) is 22.9 Å². The summed E-state index contributed by atoms with van der Waals surface area (Å²) in [6.45, 7) is 10.1. The van der Waals surface area contributed by atoms with E-state index >= 15 is 0 Å². The standard InChI is InChI=1S/C20H28ClFN2O3/c1-19(2,3)27-18(26)24-10-8-13(9-11-24)17(25)23-20(4,5)15-7-6-14(22)12-16(15)21/h6-7,12-13H,8-11H2,1-5H3,(H,23,25). The maximum absolute atomic E-state index is 13.3. The van der Waals surface area contributed by atoms with Crippen molar-refractivity contribution in [2.24, 2.45) is 5.92 Å². The van der Waals surface area contributed by atoms with Gasteiger partial charge in [-0.05, 0) is 65.2 Å². The Labute approximate surface area is 165 Å². The molecule has 5 nitrogen and oxygen atoms in total. The van der Waals surface area contributed by atoms with Gasteiger partial charge in [0.1, 0.15) is 11.4 Å². The van der Waals surface area contributed by atoms with Gasteiger partial charge in [-0.1, -0.05) is 17.7 Å². The van der Waals surface area contributed by atoms with Crippen LogP contribution in [-0.4, -0.2) is 35.6 Å². The van der Waals surface area contributed by atoms with E-state index in [1.54, 1.807) is 11.0 Å². The zero-order chi connectivity index (χ0) is 20.4. The van der Waals surface area contributed by atoms with Crippen molar-refractivity contribution in [2.75, 3.05) is 13.1 Å². The van der Waals surface area contributed by atoms with Gasteiger partial charge < -0.3 is 15.0 Å². The number of ether oxygens (including phenoxy) is 1. The molecule has 1 aliphatic rings. The fourth-order valence-corrected chi connectivity index (χ4v) is 3.53. The van der Waals surface area contributed by atoms with Crippen LogP contribution in [0.1, 0.15) is 53.0 Å². The van der Waals surface area contributed by atoms with Crippen molar-refractivity contribution in [2.45, 2.75) is 58.6 Å². The molecule has 0 radical (unpaired) electrons. The summed E-state index contributed by atoms with van der Waals surface area (Å²) in [5.74, 6) is -0.702. The molecule has 0 atom stereocenters. The lowest BCUT2D eigenvalue weighted by atomic mass is 9.90. The number of amides is 2. The number of likely N-dealkylation sites (tertiary alicyclic amines) is 1. The maximum atomic E-state index is 13.3. The molecule has 7 heteroatoms. The number of benzene rings is 1. The van der Waals surface area contributed by atoms with E-state index in [1.807, 2.05) is 34.6 Å². The molecule has 0 aliphatic carbocycles. The second-order valence-electron chi connectivity index (χ2n) is 8.48. The highest BCUT2D eigenvalue weighted by molar-refractivity contribution is 6.31. The Morgan fingerprint density at radius 2 is 1.78 bits per heavy atom. The lowest BCUT2D eigenvalue weighted by Gasteiger charge is -2.35. The van der Waals surface area contributed by atoms with Crippen molar-refractivity contribution in [3.05, 3.63) is 34.6 Å². The van der Waals surface area contributed by atoms with Gasteiger partial charge in [0, 0.05) is 24.0 Å². The number of hydrogen-bond acceptors (Lipinski definition) is 3. The summed E-state index contributed by atoms with van der Waals surface area (Å²) in [5, 5.41) is 3.28. The van der Waals surface area contributed by atoms with E-state index < -0.39 is 17.0 Å². The minimum absolute atomic E-state index is 0.0933. The van der Waals surface area contributed by atoms with Gasteiger partial charge in [-0.2, -0.15) is 0 Å². The molecule has 1 heterocycles. The van der Waals surface area contributed by atoms with Crippen LogP contribution in [0.5, 0.6) is 0 Å². The summed E-state index contributed by atoms with van der Waals surface area (Å²) >= 11 is 6.14. The number of nitrogens with one attached hydrogen (secondary N) is 1. The summed E-state index contributed by atoms with van der Waals surface area (Å²) in [4.78, 5) is 26.5. The molecule has 1 aromatic carbocycles. The van der Waals surface area contributed by atoms with Gasteiger partial charge in [-0.15, -0.1) is 0 Å². The molecule has 0 aromatic heterocycles. The Hall–Kier alpha value is -1.82. The molecule has 1 saturated heterocycles. The van der Waals surface area contributed by atoms with Gasteiger partial charge in [0.2, 0.25) is 5.91 Å². The fourth-order valence-electron chi connectivity index (χ4n) is 3.12. The SMILES string of the molecule is CC(C)(C)OC(=O)N1CCC(C(=O)NC(C)(C)c2ccc(F)cc2Cl)CC1. The van der Waals surface area contributed by atoms with Crippen LogP contribution in [-0.2, 0) is 15.1 Å². The fraction of sp³-hybridized carbons (Fsp3) is 0.600. The van der Waals surface area contributed by atoms with Gasteiger partial charge in [0.25, 0.3) is 0 Å². The van der Waals surface area contributed by atoms with Crippen LogP contribution < -0.4 is 5.32 Å². The summed E-state index contributed by atoms with van der Waals surface area (Å²) < 4.78 is 18.7. The van der Waals surface area contributed by atoms with Crippen LogP contribution in [0.4, 0.5) is 9.18 Å². The zero-order valence-corrected chi connectivity index (χ0v) is 17.3. The first-order valence-electron chi connectivity index (χ1n) is 9.14. The summed E-state index contributed by atoms with van der Waals surface area (Å²) in [6.07, 6.45) is 0.788. The lowest BCUT2D eigenvalue weighted by Crippen LogP contribution is -2.48. The molecular weight excluding hydrogens is 371 g/mol. The van der Waals surface area contributed by atoms with Gasteiger partial charge >= 0.3 is 6.09 Å². The first-order valence-corrected chi connectivity index (χ1v) is 9.52. The number of rotatable bonds is 3. The summed E-state index contributed by atoms with van der Waals surface area (Å²) in [6, 6.07) is 4.15. The lowest BCUT2D eigenvalue weighted by molar-refractivity contribution is -0.128. The molecule has 27 heavy (non-hydrogen) atoms. The van der Waals surface area contributed by atoms with Crippen molar-refractivity contribution in [3.8, 4) is 0 Å². The van der Waals surface area contributed by atoms with E-state index in [4.69, 9.17) is 16.3 Å². The zero-order valence-electron chi connectivity index (χ0n) is 16.6. The molecule has 0 spiro atoms. The highest BCUT2D eigenvalue weighted by atomic mass is 35.5. The second kappa shape index (κ2) is 8.05.